The highest BCUT2D eigenvalue weighted by Crippen LogP contribution is 2.31. The Morgan fingerprint density at radius 2 is 0.605 bits per heavy atom. The lowest BCUT2D eigenvalue weighted by molar-refractivity contribution is 1.36. The molecular formula is C36H24N2. The van der Waals surface area contributed by atoms with Gasteiger partial charge in [0.15, 0.2) is 0 Å². The molecule has 7 aromatic rings. The van der Waals surface area contributed by atoms with E-state index >= 15 is 0 Å². The zero-order valence-electron chi connectivity index (χ0n) is 20.8. The largest absolute Gasteiger partial charge is 0.256 e. The van der Waals surface area contributed by atoms with Crippen LogP contribution in [0, 0.1) is 0 Å². The van der Waals surface area contributed by atoms with E-state index in [1.807, 2.05) is 12.4 Å². The first kappa shape index (κ1) is 22.1. The van der Waals surface area contributed by atoms with Crippen molar-refractivity contribution in [1.29, 1.82) is 0 Å². The van der Waals surface area contributed by atoms with E-state index in [1.165, 1.54) is 43.8 Å². The molecule has 0 unspecified atom stereocenters. The van der Waals surface area contributed by atoms with Crippen LogP contribution in [0.15, 0.2) is 146 Å². The normalized spacial score (nSPS) is 11.2. The second-order valence-electron chi connectivity index (χ2n) is 9.49. The van der Waals surface area contributed by atoms with Crippen molar-refractivity contribution in [3.05, 3.63) is 146 Å². The Hall–Kier alpha value is -5.08. The van der Waals surface area contributed by atoms with Gasteiger partial charge in [0.05, 0.1) is 11.4 Å². The summed E-state index contributed by atoms with van der Waals surface area (Å²) in [7, 11) is 0. The smallest absolute Gasteiger partial charge is 0.0780 e. The van der Waals surface area contributed by atoms with E-state index in [-0.39, 0.29) is 0 Å². The van der Waals surface area contributed by atoms with E-state index in [0.717, 1.165) is 22.5 Å². The molecule has 2 nitrogen and oxygen atoms in total. The Balaban J connectivity index is 1.14. The number of aromatic nitrogens is 2. The van der Waals surface area contributed by atoms with Crippen molar-refractivity contribution in [3.63, 3.8) is 0 Å². The van der Waals surface area contributed by atoms with Crippen LogP contribution in [0.3, 0.4) is 0 Å². The number of benzene rings is 5. The maximum Gasteiger partial charge on any atom is 0.0780 e. The molecule has 0 N–H and O–H groups in total. The fourth-order valence-corrected chi connectivity index (χ4v) is 5.20. The number of pyridine rings is 2. The van der Waals surface area contributed by atoms with E-state index in [4.69, 9.17) is 0 Å². The van der Waals surface area contributed by atoms with Gasteiger partial charge < -0.3 is 0 Å². The van der Waals surface area contributed by atoms with Crippen LogP contribution in [0.2, 0.25) is 0 Å². The first-order valence-corrected chi connectivity index (χ1v) is 12.8. The average Bonchev–Trinajstić information content (AvgIpc) is 3.01. The van der Waals surface area contributed by atoms with E-state index in [9.17, 15) is 0 Å². The Morgan fingerprint density at radius 3 is 0.974 bits per heavy atom. The maximum absolute atomic E-state index is 4.66. The third-order valence-corrected chi connectivity index (χ3v) is 7.22. The van der Waals surface area contributed by atoms with E-state index in [2.05, 4.69) is 143 Å². The third kappa shape index (κ3) is 4.03. The van der Waals surface area contributed by atoms with Gasteiger partial charge >= 0.3 is 0 Å². The van der Waals surface area contributed by atoms with Crippen LogP contribution in [0.5, 0.6) is 0 Å². The van der Waals surface area contributed by atoms with Crippen LogP contribution >= 0.6 is 0 Å². The zero-order chi connectivity index (χ0) is 25.3. The standard InChI is InChI=1S/C36H24N2/c1-3-7-33-29(5-1)21-23-37-35(33)31-17-13-27(14-18-31)25-9-11-26(12-10-25)28-15-19-32(20-16-28)36-34-8-4-2-6-30(34)22-24-38-36/h1-24H. The summed E-state index contributed by atoms with van der Waals surface area (Å²) in [6.07, 6.45) is 3.77. The second kappa shape index (κ2) is 9.42. The van der Waals surface area contributed by atoms with Crippen LogP contribution in [-0.4, -0.2) is 9.97 Å². The Kier molecular flexibility index (Phi) is 5.49. The number of hydrogen-bond donors (Lipinski definition) is 0. The molecule has 0 atom stereocenters. The highest BCUT2D eigenvalue weighted by atomic mass is 14.7. The van der Waals surface area contributed by atoms with Crippen LogP contribution in [0.1, 0.15) is 0 Å². The molecule has 2 heteroatoms. The van der Waals surface area contributed by atoms with Gasteiger partial charge in [0.1, 0.15) is 0 Å². The van der Waals surface area contributed by atoms with Gasteiger partial charge in [-0.25, -0.2) is 0 Å². The summed E-state index contributed by atoms with van der Waals surface area (Å²) in [5.41, 5.74) is 9.08. The van der Waals surface area contributed by atoms with Crippen LogP contribution in [-0.2, 0) is 0 Å². The maximum atomic E-state index is 4.66. The molecule has 0 aliphatic heterocycles. The molecule has 0 radical (unpaired) electrons. The monoisotopic (exact) mass is 484 g/mol. The summed E-state index contributed by atoms with van der Waals surface area (Å²) in [6, 6.07) is 47.1. The number of fused-ring (bicyclic) bond motifs is 2. The van der Waals surface area contributed by atoms with Crippen molar-refractivity contribution >= 4 is 21.5 Å². The molecule has 0 spiro atoms. The molecule has 5 aromatic carbocycles. The Labute approximate surface area is 221 Å². The molecule has 0 aliphatic carbocycles. The number of hydrogen-bond acceptors (Lipinski definition) is 2. The van der Waals surface area contributed by atoms with Crippen molar-refractivity contribution in [3.8, 4) is 44.8 Å². The molecule has 0 fully saturated rings. The minimum Gasteiger partial charge on any atom is -0.256 e. The van der Waals surface area contributed by atoms with Crippen LogP contribution in [0.25, 0.3) is 66.3 Å². The molecule has 0 aliphatic rings. The molecule has 0 saturated carbocycles. The molecular weight excluding hydrogens is 460 g/mol. The lowest BCUT2D eigenvalue weighted by Gasteiger charge is -2.09. The SMILES string of the molecule is c1ccc2c(-c3ccc(-c4ccc(-c5ccc(-c6nccc7ccccc67)cc5)cc4)cc3)nccc2c1. The summed E-state index contributed by atoms with van der Waals surface area (Å²) < 4.78 is 0. The van der Waals surface area contributed by atoms with Gasteiger partial charge in [-0.2, -0.15) is 0 Å². The summed E-state index contributed by atoms with van der Waals surface area (Å²) in [5.74, 6) is 0. The predicted molar refractivity (Wildman–Crippen MR) is 159 cm³/mol. The van der Waals surface area contributed by atoms with E-state index < -0.39 is 0 Å². The van der Waals surface area contributed by atoms with Crippen molar-refractivity contribution in [2.45, 2.75) is 0 Å². The van der Waals surface area contributed by atoms with Gasteiger partial charge in [0.2, 0.25) is 0 Å². The number of nitrogens with zero attached hydrogens (tertiary/aromatic N) is 2. The van der Waals surface area contributed by atoms with Crippen molar-refractivity contribution in [2.75, 3.05) is 0 Å². The number of rotatable bonds is 4. The van der Waals surface area contributed by atoms with Crippen LogP contribution < -0.4 is 0 Å². The van der Waals surface area contributed by atoms with Gasteiger partial charge in [-0.1, -0.05) is 121 Å². The minimum atomic E-state index is 1.02. The molecule has 38 heavy (non-hydrogen) atoms. The van der Waals surface area contributed by atoms with Crippen LogP contribution in [0.4, 0.5) is 0 Å². The first-order valence-electron chi connectivity index (χ1n) is 12.8. The average molecular weight is 485 g/mol. The molecule has 0 bridgehead atoms. The van der Waals surface area contributed by atoms with Crippen molar-refractivity contribution in [1.82, 2.24) is 9.97 Å². The summed E-state index contributed by atoms with van der Waals surface area (Å²) >= 11 is 0. The van der Waals surface area contributed by atoms with Gasteiger partial charge in [0.25, 0.3) is 0 Å². The zero-order valence-corrected chi connectivity index (χ0v) is 20.8. The van der Waals surface area contributed by atoms with Crippen molar-refractivity contribution < 1.29 is 0 Å². The highest BCUT2D eigenvalue weighted by Gasteiger charge is 2.08. The van der Waals surface area contributed by atoms with Gasteiger partial charge in [-0.05, 0) is 45.2 Å². The molecule has 2 heterocycles. The first-order chi connectivity index (χ1) is 18.8. The Morgan fingerprint density at radius 1 is 0.289 bits per heavy atom. The summed E-state index contributed by atoms with van der Waals surface area (Å²) in [4.78, 5) is 9.32. The van der Waals surface area contributed by atoms with E-state index in [1.54, 1.807) is 0 Å². The molecule has 7 rings (SSSR count). The lowest BCUT2D eigenvalue weighted by atomic mass is 9.97. The summed E-state index contributed by atoms with van der Waals surface area (Å²) in [5, 5.41) is 4.76. The van der Waals surface area contributed by atoms with Gasteiger partial charge in [0, 0.05) is 34.3 Å². The minimum absolute atomic E-state index is 1.02. The quantitative estimate of drug-likeness (QED) is 0.249. The Bertz CT molecular complexity index is 1730. The van der Waals surface area contributed by atoms with Gasteiger partial charge in [-0.3, -0.25) is 9.97 Å². The summed E-state index contributed by atoms with van der Waals surface area (Å²) in [6.45, 7) is 0. The van der Waals surface area contributed by atoms with Crippen molar-refractivity contribution in [2.24, 2.45) is 0 Å². The fourth-order valence-electron chi connectivity index (χ4n) is 5.20. The molecule has 2 aromatic heterocycles. The topological polar surface area (TPSA) is 25.8 Å². The second-order valence-corrected chi connectivity index (χ2v) is 9.49. The molecule has 178 valence electrons. The predicted octanol–water partition coefficient (Wildman–Crippen LogP) is 9.45. The molecule has 0 amide bonds. The van der Waals surface area contributed by atoms with E-state index in [0.29, 0.717) is 0 Å². The highest BCUT2D eigenvalue weighted by molar-refractivity contribution is 5.95. The third-order valence-electron chi connectivity index (χ3n) is 7.22. The van der Waals surface area contributed by atoms with Gasteiger partial charge in [-0.15, -0.1) is 0 Å². The lowest BCUT2D eigenvalue weighted by Crippen LogP contribution is -1.87. The molecule has 0 saturated heterocycles. The fraction of sp³-hybridized carbons (Fsp3) is 0.